The molecule has 1 saturated heterocycles. The van der Waals surface area contributed by atoms with Gasteiger partial charge in [0.2, 0.25) is 5.91 Å². The van der Waals surface area contributed by atoms with Gasteiger partial charge in [0.05, 0.1) is 5.92 Å². The number of anilines is 2. The largest absolute Gasteiger partial charge is 0.455 e. The van der Waals surface area contributed by atoms with Crippen LogP contribution >= 0.6 is 27.5 Å². The van der Waals surface area contributed by atoms with Crippen molar-refractivity contribution >= 4 is 56.7 Å². The van der Waals surface area contributed by atoms with Crippen molar-refractivity contribution in [3.8, 4) is 0 Å². The molecule has 0 aromatic heterocycles. The Hall–Kier alpha value is -2.38. The van der Waals surface area contributed by atoms with Gasteiger partial charge >= 0.3 is 5.97 Å². The Labute approximate surface area is 175 Å². The van der Waals surface area contributed by atoms with Gasteiger partial charge in [-0.25, -0.2) is 0 Å². The topological polar surface area (TPSA) is 75.7 Å². The first kappa shape index (κ1) is 20.4. The molecular formula is C20H18BrClN2O4. The van der Waals surface area contributed by atoms with Gasteiger partial charge in [-0.3, -0.25) is 14.4 Å². The standard InChI is InChI=1S/C20H18BrClN2O4/c1-12-7-14(21)5-6-17(12)23-18(25)11-28-20(27)13-8-19(26)24(10-13)16-4-2-3-15(22)9-16/h2-7,9,13H,8,10-11H2,1H3,(H,23,25)/t13-/m1/s1. The maximum Gasteiger partial charge on any atom is 0.311 e. The number of hydrogen-bond acceptors (Lipinski definition) is 4. The Balaban J connectivity index is 1.53. The van der Waals surface area contributed by atoms with Crippen molar-refractivity contribution in [2.45, 2.75) is 13.3 Å². The average Bonchev–Trinajstić information content (AvgIpc) is 3.04. The highest BCUT2D eigenvalue weighted by atomic mass is 79.9. The third kappa shape index (κ3) is 4.91. The van der Waals surface area contributed by atoms with Crippen LogP contribution in [0.2, 0.25) is 5.02 Å². The van der Waals surface area contributed by atoms with Crippen LogP contribution in [0.3, 0.4) is 0 Å². The molecule has 6 nitrogen and oxygen atoms in total. The summed E-state index contributed by atoms with van der Waals surface area (Å²) in [5.41, 5.74) is 2.16. The van der Waals surface area contributed by atoms with E-state index >= 15 is 0 Å². The van der Waals surface area contributed by atoms with Gasteiger partial charge in [0.25, 0.3) is 5.91 Å². The van der Waals surface area contributed by atoms with E-state index in [1.165, 1.54) is 4.90 Å². The number of aryl methyl sites for hydroxylation is 1. The summed E-state index contributed by atoms with van der Waals surface area (Å²) in [6.45, 7) is 1.66. The van der Waals surface area contributed by atoms with E-state index in [0.717, 1.165) is 10.0 Å². The number of ether oxygens (including phenoxy) is 1. The normalized spacial score (nSPS) is 16.2. The zero-order chi connectivity index (χ0) is 20.3. The number of nitrogens with one attached hydrogen (secondary N) is 1. The van der Waals surface area contributed by atoms with Crippen LogP contribution in [0.25, 0.3) is 0 Å². The summed E-state index contributed by atoms with van der Waals surface area (Å²) in [4.78, 5) is 38.1. The van der Waals surface area contributed by atoms with Gasteiger partial charge in [-0.15, -0.1) is 0 Å². The molecule has 0 unspecified atom stereocenters. The molecule has 1 atom stereocenters. The predicted molar refractivity (Wildman–Crippen MR) is 110 cm³/mol. The zero-order valence-electron chi connectivity index (χ0n) is 15.1. The maximum atomic E-state index is 12.3. The number of hydrogen-bond donors (Lipinski definition) is 1. The van der Waals surface area contributed by atoms with Gasteiger partial charge < -0.3 is 15.0 Å². The molecule has 1 aliphatic heterocycles. The Bertz CT molecular complexity index is 934. The maximum absolute atomic E-state index is 12.3. The summed E-state index contributed by atoms with van der Waals surface area (Å²) >= 11 is 9.32. The average molecular weight is 466 g/mol. The summed E-state index contributed by atoms with van der Waals surface area (Å²) in [5, 5.41) is 3.21. The molecule has 28 heavy (non-hydrogen) atoms. The second kappa shape index (κ2) is 8.75. The summed E-state index contributed by atoms with van der Waals surface area (Å²) in [6.07, 6.45) is 0.0405. The second-order valence-corrected chi connectivity index (χ2v) is 7.85. The Morgan fingerprint density at radius 3 is 2.79 bits per heavy atom. The number of carbonyl (C=O) groups is 3. The van der Waals surface area contributed by atoms with E-state index in [2.05, 4.69) is 21.2 Å². The first-order chi connectivity index (χ1) is 13.3. The lowest BCUT2D eigenvalue weighted by molar-refractivity contribution is -0.151. The molecule has 2 amide bonds. The number of halogens is 2. The van der Waals surface area contributed by atoms with Crippen LogP contribution in [-0.2, 0) is 19.1 Å². The van der Waals surface area contributed by atoms with Crippen LogP contribution < -0.4 is 10.2 Å². The Morgan fingerprint density at radius 2 is 2.07 bits per heavy atom. The van der Waals surface area contributed by atoms with Crippen molar-refractivity contribution in [1.82, 2.24) is 0 Å². The molecule has 1 aliphatic rings. The minimum Gasteiger partial charge on any atom is -0.455 e. The number of amides is 2. The highest BCUT2D eigenvalue weighted by molar-refractivity contribution is 9.10. The molecule has 146 valence electrons. The van der Waals surface area contributed by atoms with Gasteiger partial charge in [0, 0.05) is 33.8 Å². The summed E-state index contributed by atoms with van der Waals surface area (Å²) in [7, 11) is 0. The van der Waals surface area contributed by atoms with Crippen molar-refractivity contribution in [2.75, 3.05) is 23.4 Å². The number of nitrogens with zero attached hydrogens (tertiary/aromatic N) is 1. The molecule has 0 bridgehead atoms. The first-order valence-electron chi connectivity index (χ1n) is 8.62. The Morgan fingerprint density at radius 1 is 1.29 bits per heavy atom. The van der Waals surface area contributed by atoms with Crippen molar-refractivity contribution < 1.29 is 19.1 Å². The molecule has 3 rings (SSSR count). The van der Waals surface area contributed by atoms with Crippen molar-refractivity contribution in [2.24, 2.45) is 5.92 Å². The second-order valence-electron chi connectivity index (χ2n) is 6.50. The van der Waals surface area contributed by atoms with Crippen LogP contribution in [0, 0.1) is 12.8 Å². The number of benzene rings is 2. The van der Waals surface area contributed by atoms with E-state index in [4.69, 9.17) is 16.3 Å². The smallest absolute Gasteiger partial charge is 0.311 e. The van der Waals surface area contributed by atoms with Gasteiger partial charge in [-0.1, -0.05) is 33.6 Å². The van der Waals surface area contributed by atoms with Crippen LogP contribution in [0.15, 0.2) is 46.9 Å². The molecule has 1 fully saturated rings. The molecule has 2 aromatic rings. The SMILES string of the molecule is Cc1cc(Br)ccc1NC(=O)COC(=O)[C@@H]1CC(=O)N(c2cccc(Cl)c2)C1. The molecule has 8 heteroatoms. The molecule has 0 spiro atoms. The van der Waals surface area contributed by atoms with E-state index in [1.807, 2.05) is 19.1 Å². The van der Waals surface area contributed by atoms with Crippen molar-refractivity contribution in [3.63, 3.8) is 0 Å². The summed E-state index contributed by atoms with van der Waals surface area (Å²) < 4.78 is 6.02. The van der Waals surface area contributed by atoms with E-state index in [9.17, 15) is 14.4 Å². The summed E-state index contributed by atoms with van der Waals surface area (Å²) in [5.74, 6) is -1.80. The molecule has 0 saturated carbocycles. The van der Waals surface area contributed by atoms with E-state index in [1.54, 1.807) is 30.3 Å². The number of esters is 1. The Kier molecular flexibility index (Phi) is 6.36. The molecule has 0 aliphatic carbocycles. The van der Waals surface area contributed by atoms with E-state index < -0.39 is 24.4 Å². The molecule has 2 aromatic carbocycles. The van der Waals surface area contributed by atoms with Crippen molar-refractivity contribution in [3.05, 3.63) is 57.5 Å². The van der Waals surface area contributed by atoms with Gasteiger partial charge in [-0.2, -0.15) is 0 Å². The van der Waals surface area contributed by atoms with Crippen LogP contribution in [0.1, 0.15) is 12.0 Å². The fraction of sp³-hybridized carbons (Fsp3) is 0.250. The fourth-order valence-electron chi connectivity index (χ4n) is 2.97. The number of carbonyl (C=O) groups excluding carboxylic acids is 3. The van der Waals surface area contributed by atoms with Crippen LogP contribution in [0.4, 0.5) is 11.4 Å². The van der Waals surface area contributed by atoms with Gasteiger partial charge in [0.15, 0.2) is 6.61 Å². The molecule has 0 radical (unpaired) electrons. The third-order valence-electron chi connectivity index (χ3n) is 4.39. The van der Waals surface area contributed by atoms with Crippen LogP contribution in [0.5, 0.6) is 0 Å². The van der Waals surface area contributed by atoms with Crippen LogP contribution in [-0.4, -0.2) is 30.9 Å². The molecular weight excluding hydrogens is 448 g/mol. The summed E-state index contributed by atoms with van der Waals surface area (Å²) in [6, 6.07) is 12.3. The highest BCUT2D eigenvalue weighted by Gasteiger charge is 2.36. The fourth-order valence-corrected chi connectivity index (χ4v) is 3.63. The lowest BCUT2D eigenvalue weighted by atomic mass is 10.1. The first-order valence-corrected chi connectivity index (χ1v) is 9.79. The number of rotatable bonds is 5. The minimum atomic E-state index is -0.617. The van der Waals surface area contributed by atoms with Gasteiger partial charge in [0.1, 0.15) is 0 Å². The highest BCUT2D eigenvalue weighted by Crippen LogP contribution is 2.27. The third-order valence-corrected chi connectivity index (χ3v) is 5.11. The van der Waals surface area contributed by atoms with E-state index in [-0.39, 0.29) is 18.9 Å². The predicted octanol–water partition coefficient (Wildman–Crippen LogP) is 3.95. The van der Waals surface area contributed by atoms with Crippen molar-refractivity contribution in [1.29, 1.82) is 0 Å². The minimum absolute atomic E-state index is 0.0405. The monoisotopic (exact) mass is 464 g/mol. The lowest BCUT2D eigenvalue weighted by Crippen LogP contribution is -2.28. The van der Waals surface area contributed by atoms with E-state index in [0.29, 0.717) is 16.4 Å². The lowest BCUT2D eigenvalue weighted by Gasteiger charge is -2.16. The molecule has 1 heterocycles. The molecule has 1 N–H and O–H groups in total. The zero-order valence-corrected chi connectivity index (χ0v) is 17.4. The van der Waals surface area contributed by atoms with Gasteiger partial charge in [-0.05, 0) is 48.9 Å². The quantitative estimate of drug-likeness (QED) is 0.679.